The Bertz CT molecular complexity index is 539. The molecule has 1 saturated heterocycles. The molecule has 0 spiro atoms. The Morgan fingerprint density at radius 3 is 3.22 bits per heavy atom. The third kappa shape index (κ3) is 2.08. The van der Waals surface area contributed by atoms with E-state index < -0.39 is 0 Å². The van der Waals surface area contributed by atoms with Crippen molar-refractivity contribution in [1.29, 1.82) is 0 Å². The van der Waals surface area contributed by atoms with Gasteiger partial charge in [-0.15, -0.1) is 11.3 Å². The van der Waals surface area contributed by atoms with Gasteiger partial charge in [-0.05, 0) is 43.7 Å². The van der Waals surface area contributed by atoms with Gasteiger partial charge in [-0.25, -0.2) is 9.97 Å². The number of aromatic nitrogens is 2. The van der Waals surface area contributed by atoms with Crippen LogP contribution in [-0.2, 0) is 0 Å². The molecule has 3 heterocycles. The van der Waals surface area contributed by atoms with Crippen LogP contribution in [0.5, 0.6) is 0 Å². The number of rotatable bonds is 2. The van der Waals surface area contributed by atoms with Crippen molar-refractivity contribution in [1.82, 2.24) is 9.97 Å². The zero-order valence-electron chi connectivity index (χ0n) is 10.5. The highest BCUT2D eigenvalue weighted by molar-refractivity contribution is 7.16. The molecule has 3 rings (SSSR count). The highest BCUT2D eigenvalue weighted by Crippen LogP contribution is 2.27. The van der Waals surface area contributed by atoms with Gasteiger partial charge in [0.2, 0.25) is 5.95 Å². The van der Waals surface area contributed by atoms with E-state index in [0.29, 0.717) is 12.0 Å². The molecule has 1 fully saturated rings. The molecular formula is C13H18N4S. The van der Waals surface area contributed by atoms with E-state index in [1.165, 1.54) is 12.8 Å². The first-order valence-electron chi connectivity index (χ1n) is 6.45. The summed E-state index contributed by atoms with van der Waals surface area (Å²) >= 11 is 1.67. The van der Waals surface area contributed by atoms with E-state index >= 15 is 0 Å². The molecule has 2 unspecified atom stereocenters. The second-order valence-electron chi connectivity index (χ2n) is 5.03. The molecule has 2 atom stereocenters. The van der Waals surface area contributed by atoms with Crippen molar-refractivity contribution in [3.05, 3.63) is 17.6 Å². The molecule has 0 bridgehead atoms. The summed E-state index contributed by atoms with van der Waals surface area (Å²) in [5.74, 6) is 1.43. The second kappa shape index (κ2) is 4.82. The van der Waals surface area contributed by atoms with Crippen LogP contribution in [0.1, 0.15) is 19.8 Å². The quantitative estimate of drug-likeness (QED) is 0.902. The molecule has 0 saturated carbocycles. The summed E-state index contributed by atoms with van der Waals surface area (Å²) in [6, 6.07) is 2.57. The molecule has 0 aromatic carbocycles. The lowest BCUT2D eigenvalue weighted by Gasteiger charge is -2.37. The van der Waals surface area contributed by atoms with Crippen molar-refractivity contribution in [2.75, 3.05) is 18.0 Å². The topological polar surface area (TPSA) is 55.0 Å². The summed E-state index contributed by atoms with van der Waals surface area (Å²) in [5.41, 5.74) is 5.80. The van der Waals surface area contributed by atoms with Crippen LogP contribution in [0.15, 0.2) is 17.6 Å². The normalized spacial score (nSPS) is 24.7. The highest BCUT2D eigenvalue weighted by Gasteiger charge is 2.26. The molecule has 0 aliphatic carbocycles. The van der Waals surface area contributed by atoms with E-state index in [2.05, 4.69) is 33.2 Å². The summed E-state index contributed by atoms with van der Waals surface area (Å²) in [6.07, 6.45) is 4.32. The van der Waals surface area contributed by atoms with E-state index in [0.717, 1.165) is 29.3 Å². The van der Waals surface area contributed by atoms with E-state index in [4.69, 9.17) is 5.73 Å². The Balaban J connectivity index is 1.91. The monoisotopic (exact) mass is 262 g/mol. The number of anilines is 1. The fraction of sp³-hybridized carbons (Fsp3) is 0.538. The van der Waals surface area contributed by atoms with Crippen molar-refractivity contribution in [2.45, 2.75) is 25.8 Å². The lowest BCUT2D eigenvalue weighted by atomic mass is 9.94. The maximum atomic E-state index is 5.80. The minimum atomic E-state index is 0.505. The second-order valence-corrected chi connectivity index (χ2v) is 5.93. The molecule has 2 N–H and O–H groups in total. The van der Waals surface area contributed by atoms with Crippen molar-refractivity contribution in [2.24, 2.45) is 11.7 Å². The number of nitrogens with zero attached hydrogens (tertiary/aromatic N) is 3. The average molecular weight is 262 g/mol. The fourth-order valence-electron chi connectivity index (χ4n) is 2.54. The van der Waals surface area contributed by atoms with Gasteiger partial charge in [-0.1, -0.05) is 0 Å². The minimum Gasteiger partial charge on any atom is -0.338 e. The smallest absolute Gasteiger partial charge is 0.226 e. The average Bonchev–Trinajstić information content (AvgIpc) is 2.86. The Hall–Kier alpha value is -1.20. The van der Waals surface area contributed by atoms with Gasteiger partial charge in [0, 0.05) is 24.2 Å². The van der Waals surface area contributed by atoms with E-state index in [1.807, 2.05) is 6.20 Å². The maximum Gasteiger partial charge on any atom is 0.226 e. The van der Waals surface area contributed by atoms with Crippen LogP contribution in [-0.4, -0.2) is 29.1 Å². The summed E-state index contributed by atoms with van der Waals surface area (Å²) in [4.78, 5) is 12.6. The molecule has 1 aliphatic heterocycles. The van der Waals surface area contributed by atoms with Gasteiger partial charge in [-0.3, -0.25) is 0 Å². The van der Waals surface area contributed by atoms with Gasteiger partial charge in [-0.2, -0.15) is 0 Å². The summed E-state index contributed by atoms with van der Waals surface area (Å²) in [7, 11) is 0. The zero-order chi connectivity index (χ0) is 12.5. The van der Waals surface area contributed by atoms with Crippen LogP contribution in [0.3, 0.4) is 0 Å². The molecule has 2 aromatic rings. The number of piperidine rings is 1. The van der Waals surface area contributed by atoms with Crippen molar-refractivity contribution in [3.63, 3.8) is 0 Å². The van der Waals surface area contributed by atoms with Crippen molar-refractivity contribution < 1.29 is 0 Å². The van der Waals surface area contributed by atoms with Crippen LogP contribution in [0.25, 0.3) is 10.2 Å². The lowest BCUT2D eigenvalue weighted by Crippen LogP contribution is -2.44. The number of hydrogen-bond acceptors (Lipinski definition) is 5. The molecular weight excluding hydrogens is 244 g/mol. The summed E-state index contributed by atoms with van der Waals surface area (Å²) in [5, 5.41) is 3.19. The third-order valence-electron chi connectivity index (χ3n) is 3.76. The van der Waals surface area contributed by atoms with Crippen LogP contribution < -0.4 is 10.6 Å². The highest BCUT2D eigenvalue weighted by atomic mass is 32.1. The standard InChI is InChI=1S/C13H18N4S/c1-9-2-3-10(6-14)8-17(9)13-15-7-11-4-5-18-12(11)16-13/h4-5,7,9-10H,2-3,6,8,14H2,1H3. The number of fused-ring (bicyclic) bond motifs is 1. The van der Waals surface area contributed by atoms with Crippen molar-refractivity contribution >= 4 is 27.5 Å². The Kier molecular flexibility index (Phi) is 3.18. The first-order chi connectivity index (χ1) is 8.78. The first-order valence-corrected chi connectivity index (χ1v) is 7.33. The molecule has 5 heteroatoms. The van der Waals surface area contributed by atoms with Gasteiger partial charge in [0.15, 0.2) is 0 Å². The predicted octanol–water partition coefficient (Wildman–Crippen LogP) is 2.25. The fourth-order valence-corrected chi connectivity index (χ4v) is 3.27. The number of nitrogens with two attached hydrogens (primary N) is 1. The molecule has 2 aromatic heterocycles. The summed E-state index contributed by atoms with van der Waals surface area (Å²) < 4.78 is 0. The Labute approximate surface area is 111 Å². The van der Waals surface area contributed by atoms with Gasteiger partial charge < -0.3 is 10.6 Å². The first kappa shape index (κ1) is 11.9. The molecule has 96 valence electrons. The van der Waals surface area contributed by atoms with Crippen molar-refractivity contribution in [3.8, 4) is 0 Å². The predicted molar refractivity (Wildman–Crippen MR) is 76.0 cm³/mol. The molecule has 0 amide bonds. The number of hydrogen-bond donors (Lipinski definition) is 1. The largest absolute Gasteiger partial charge is 0.338 e. The van der Waals surface area contributed by atoms with E-state index in [-0.39, 0.29) is 0 Å². The van der Waals surface area contributed by atoms with Crippen LogP contribution in [0.2, 0.25) is 0 Å². The molecule has 1 aliphatic rings. The van der Waals surface area contributed by atoms with Crippen LogP contribution in [0.4, 0.5) is 5.95 Å². The maximum absolute atomic E-state index is 5.80. The molecule has 0 radical (unpaired) electrons. The summed E-state index contributed by atoms with van der Waals surface area (Å²) in [6.45, 7) is 3.98. The SMILES string of the molecule is CC1CCC(CN)CN1c1ncc2ccsc2n1. The van der Waals surface area contributed by atoms with Gasteiger partial charge in [0.05, 0.1) is 0 Å². The van der Waals surface area contributed by atoms with Gasteiger partial charge in [0.25, 0.3) is 0 Å². The van der Waals surface area contributed by atoms with Crippen LogP contribution >= 0.6 is 11.3 Å². The van der Waals surface area contributed by atoms with E-state index in [1.54, 1.807) is 11.3 Å². The Morgan fingerprint density at radius 1 is 1.50 bits per heavy atom. The number of thiophene rings is 1. The van der Waals surface area contributed by atoms with Gasteiger partial charge >= 0.3 is 0 Å². The molecule has 18 heavy (non-hydrogen) atoms. The van der Waals surface area contributed by atoms with Gasteiger partial charge in [0.1, 0.15) is 4.83 Å². The van der Waals surface area contributed by atoms with E-state index in [9.17, 15) is 0 Å². The Morgan fingerprint density at radius 2 is 2.39 bits per heavy atom. The van der Waals surface area contributed by atoms with Crippen LogP contribution in [0, 0.1) is 5.92 Å². The third-order valence-corrected chi connectivity index (χ3v) is 4.59. The lowest BCUT2D eigenvalue weighted by molar-refractivity contribution is 0.370. The molecule has 4 nitrogen and oxygen atoms in total. The zero-order valence-corrected chi connectivity index (χ0v) is 11.4. The minimum absolute atomic E-state index is 0.505.